The standard InChI is InChI=1S/C11H15NO4/c1-4-15-9-7(3)6-12-10(13)8(9)11(14)16-5-2/h6H,4-5H2,1-3H3,(H,12,13). The van der Waals surface area contributed by atoms with Crippen LogP contribution in [0.3, 0.4) is 0 Å². The van der Waals surface area contributed by atoms with Crippen LogP contribution in [0.25, 0.3) is 0 Å². The summed E-state index contributed by atoms with van der Waals surface area (Å²) in [5, 5.41) is 0. The minimum atomic E-state index is -0.657. The van der Waals surface area contributed by atoms with Crippen molar-refractivity contribution in [3.8, 4) is 5.75 Å². The predicted molar refractivity (Wildman–Crippen MR) is 58.9 cm³/mol. The van der Waals surface area contributed by atoms with E-state index in [1.54, 1.807) is 20.8 Å². The van der Waals surface area contributed by atoms with Gasteiger partial charge in [-0.05, 0) is 20.8 Å². The summed E-state index contributed by atoms with van der Waals surface area (Å²) in [4.78, 5) is 25.6. The molecule has 0 saturated carbocycles. The van der Waals surface area contributed by atoms with Gasteiger partial charge in [0.1, 0.15) is 5.75 Å². The van der Waals surface area contributed by atoms with Gasteiger partial charge in [-0.3, -0.25) is 4.79 Å². The zero-order valence-corrected chi connectivity index (χ0v) is 9.62. The van der Waals surface area contributed by atoms with Crippen LogP contribution in [-0.2, 0) is 4.74 Å². The van der Waals surface area contributed by atoms with Gasteiger partial charge in [0.2, 0.25) is 0 Å². The van der Waals surface area contributed by atoms with Crippen LogP contribution in [0.2, 0.25) is 0 Å². The average Bonchev–Trinajstić information content (AvgIpc) is 2.24. The van der Waals surface area contributed by atoms with E-state index in [0.29, 0.717) is 17.9 Å². The van der Waals surface area contributed by atoms with E-state index in [9.17, 15) is 9.59 Å². The predicted octanol–water partition coefficient (Wildman–Crippen LogP) is 1.26. The van der Waals surface area contributed by atoms with Gasteiger partial charge < -0.3 is 14.5 Å². The Morgan fingerprint density at radius 3 is 2.62 bits per heavy atom. The molecule has 0 atom stereocenters. The highest BCUT2D eigenvalue weighted by molar-refractivity contribution is 5.92. The molecule has 1 aromatic rings. The lowest BCUT2D eigenvalue weighted by molar-refractivity contribution is 0.0519. The van der Waals surface area contributed by atoms with Gasteiger partial charge in [-0.1, -0.05) is 0 Å². The number of hydrogen-bond donors (Lipinski definition) is 1. The Balaban J connectivity index is 3.28. The number of carbonyl (C=O) groups is 1. The number of carbonyl (C=O) groups excluding carboxylic acids is 1. The van der Waals surface area contributed by atoms with Crippen LogP contribution < -0.4 is 10.3 Å². The minimum absolute atomic E-state index is 0.0660. The van der Waals surface area contributed by atoms with Gasteiger partial charge in [-0.15, -0.1) is 0 Å². The zero-order chi connectivity index (χ0) is 12.1. The molecule has 1 aromatic heterocycles. The zero-order valence-electron chi connectivity index (χ0n) is 9.62. The molecule has 1 heterocycles. The Morgan fingerprint density at radius 1 is 1.38 bits per heavy atom. The van der Waals surface area contributed by atoms with E-state index in [1.165, 1.54) is 6.20 Å². The summed E-state index contributed by atoms with van der Waals surface area (Å²) in [5.41, 5.74) is 0.140. The molecule has 5 heteroatoms. The van der Waals surface area contributed by atoms with Crippen LogP contribution in [0.1, 0.15) is 29.8 Å². The van der Waals surface area contributed by atoms with Crippen molar-refractivity contribution in [2.75, 3.05) is 13.2 Å². The quantitative estimate of drug-likeness (QED) is 0.783. The maximum absolute atomic E-state index is 11.6. The van der Waals surface area contributed by atoms with Gasteiger partial charge >= 0.3 is 5.97 Å². The van der Waals surface area contributed by atoms with E-state index in [0.717, 1.165) is 0 Å². The summed E-state index contributed by atoms with van der Waals surface area (Å²) in [6.45, 7) is 5.83. The molecular weight excluding hydrogens is 210 g/mol. The number of aryl methyl sites for hydroxylation is 1. The van der Waals surface area contributed by atoms with Crippen molar-refractivity contribution in [2.45, 2.75) is 20.8 Å². The second-order valence-corrected chi connectivity index (χ2v) is 3.16. The summed E-state index contributed by atoms with van der Waals surface area (Å²) >= 11 is 0. The number of H-pyrrole nitrogens is 1. The number of nitrogens with one attached hydrogen (secondary N) is 1. The fourth-order valence-electron chi connectivity index (χ4n) is 1.33. The summed E-state index contributed by atoms with van der Waals surface area (Å²) in [5.74, 6) is -0.361. The van der Waals surface area contributed by atoms with Crippen molar-refractivity contribution in [1.29, 1.82) is 0 Å². The van der Waals surface area contributed by atoms with E-state index in [-0.39, 0.29) is 12.2 Å². The minimum Gasteiger partial charge on any atom is -0.492 e. The molecule has 0 unspecified atom stereocenters. The molecule has 1 N–H and O–H groups in total. The fourth-order valence-corrected chi connectivity index (χ4v) is 1.33. The molecule has 0 radical (unpaired) electrons. The lowest BCUT2D eigenvalue weighted by atomic mass is 10.2. The molecule has 16 heavy (non-hydrogen) atoms. The van der Waals surface area contributed by atoms with Crippen LogP contribution >= 0.6 is 0 Å². The van der Waals surface area contributed by atoms with Gasteiger partial charge in [0.25, 0.3) is 5.56 Å². The molecule has 88 valence electrons. The van der Waals surface area contributed by atoms with Crippen molar-refractivity contribution in [1.82, 2.24) is 4.98 Å². The van der Waals surface area contributed by atoms with Gasteiger partial charge in [0.15, 0.2) is 5.56 Å². The van der Waals surface area contributed by atoms with Crippen molar-refractivity contribution < 1.29 is 14.3 Å². The van der Waals surface area contributed by atoms with Gasteiger partial charge in [-0.25, -0.2) is 4.79 Å². The maximum Gasteiger partial charge on any atom is 0.347 e. The summed E-state index contributed by atoms with van der Waals surface area (Å²) in [6.07, 6.45) is 1.51. The Hall–Kier alpha value is -1.78. The fraction of sp³-hybridized carbons (Fsp3) is 0.455. The van der Waals surface area contributed by atoms with Crippen LogP contribution in [-0.4, -0.2) is 24.2 Å². The second kappa shape index (κ2) is 5.34. The largest absolute Gasteiger partial charge is 0.492 e. The molecule has 0 amide bonds. The maximum atomic E-state index is 11.6. The Kier molecular flexibility index (Phi) is 4.10. The number of hydrogen-bond acceptors (Lipinski definition) is 4. The first-order valence-electron chi connectivity index (χ1n) is 5.14. The van der Waals surface area contributed by atoms with Crippen molar-refractivity contribution in [3.05, 3.63) is 27.7 Å². The Bertz CT molecular complexity index is 436. The Labute approximate surface area is 93.4 Å². The van der Waals surface area contributed by atoms with Crippen molar-refractivity contribution >= 4 is 5.97 Å². The highest BCUT2D eigenvalue weighted by Crippen LogP contribution is 2.20. The first-order chi connectivity index (χ1) is 7.61. The topological polar surface area (TPSA) is 68.4 Å². The van der Waals surface area contributed by atoms with E-state index in [1.807, 2.05) is 0 Å². The number of ether oxygens (including phenoxy) is 2. The molecule has 0 spiro atoms. The molecule has 0 bridgehead atoms. The smallest absolute Gasteiger partial charge is 0.347 e. The van der Waals surface area contributed by atoms with Crippen LogP contribution in [0.4, 0.5) is 0 Å². The molecular formula is C11H15NO4. The van der Waals surface area contributed by atoms with Crippen LogP contribution in [0.15, 0.2) is 11.0 Å². The van der Waals surface area contributed by atoms with E-state index >= 15 is 0 Å². The SMILES string of the molecule is CCOC(=O)c1c(OCC)c(C)c[nH]c1=O. The van der Waals surface area contributed by atoms with E-state index in [4.69, 9.17) is 9.47 Å². The van der Waals surface area contributed by atoms with Crippen LogP contribution in [0, 0.1) is 6.92 Å². The number of rotatable bonds is 4. The van der Waals surface area contributed by atoms with Gasteiger partial charge in [0.05, 0.1) is 13.2 Å². The highest BCUT2D eigenvalue weighted by Gasteiger charge is 2.20. The molecule has 0 fully saturated rings. The van der Waals surface area contributed by atoms with Crippen LogP contribution in [0.5, 0.6) is 5.75 Å². The normalized spacial score (nSPS) is 9.94. The molecule has 0 aliphatic heterocycles. The number of pyridine rings is 1. The van der Waals surface area contributed by atoms with E-state index in [2.05, 4.69) is 4.98 Å². The lowest BCUT2D eigenvalue weighted by Gasteiger charge is -2.10. The number of esters is 1. The molecule has 0 saturated heterocycles. The highest BCUT2D eigenvalue weighted by atomic mass is 16.5. The number of aromatic nitrogens is 1. The molecule has 1 rings (SSSR count). The second-order valence-electron chi connectivity index (χ2n) is 3.16. The summed E-state index contributed by atoms with van der Waals surface area (Å²) < 4.78 is 10.1. The lowest BCUT2D eigenvalue weighted by Crippen LogP contribution is -2.22. The van der Waals surface area contributed by atoms with Gasteiger partial charge in [0, 0.05) is 11.8 Å². The first-order valence-corrected chi connectivity index (χ1v) is 5.14. The summed E-state index contributed by atoms with van der Waals surface area (Å²) in [7, 11) is 0. The average molecular weight is 225 g/mol. The monoisotopic (exact) mass is 225 g/mol. The molecule has 0 aliphatic rings. The van der Waals surface area contributed by atoms with Crippen molar-refractivity contribution in [2.24, 2.45) is 0 Å². The van der Waals surface area contributed by atoms with Gasteiger partial charge in [-0.2, -0.15) is 0 Å². The third kappa shape index (κ3) is 2.42. The molecule has 0 aromatic carbocycles. The number of aromatic amines is 1. The molecule has 0 aliphatic carbocycles. The molecule has 5 nitrogen and oxygen atoms in total. The Morgan fingerprint density at radius 2 is 2.06 bits per heavy atom. The third-order valence-corrected chi connectivity index (χ3v) is 2.00. The van der Waals surface area contributed by atoms with E-state index < -0.39 is 11.5 Å². The van der Waals surface area contributed by atoms with Crippen molar-refractivity contribution in [3.63, 3.8) is 0 Å². The first kappa shape index (κ1) is 12.3. The third-order valence-electron chi connectivity index (χ3n) is 2.00. The summed E-state index contributed by atoms with van der Waals surface area (Å²) in [6, 6.07) is 0.